The second-order valence-electron chi connectivity index (χ2n) is 4.26. The first-order valence-corrected chi connectivity index (χ1v) is 5.95. The van der Waals surface area contributed by atoms with Crippen LogP contribution >= 0.6 is 0 Å². The first-order chi connectivity index (χ1) is 8.51. The minimum atomic E-state index is -0.422. The maximum absolute atomic E-state index is 13.9. The van der Waals surface area contributed by atoms with Gasteiger partial charge in [0.25, 0.3) is 0 Å². The first kappa shape index (κ1) is 14.2. The zero-order valence-electron chi connectivity index (χ0n) is 10.9. The molecule has 0 aromatic heterocycles. The third-order valence-corrected chi connectivity index (χ3v) is 2.78. The molecule has 0 amide bonds. The molecule has 0 spiro atoms. The van der Waals surface area contributed by atoms with Crippen LogP contribution in [0.1, 0.15) is 31.1 Å². The fraction of sp³-hybridized carbons (Fsp3) is 0.429. The molecule has 1 unspecified atom stereocenters. The van der Waals surface area contributed by atoms with Crippen LogP contribution in [0.2, 0.25) is 0 Å². The van der Waals surface area contributed by atoms with Gasteiger partial charge in [-0.3, -0.25) is 4.79 Å². The molecule has 0 radical (unpaired) electrons. The van der Waals surface area contributed by atoms with Crippen molar-refractivity contribution in [1.82, 2.24) is 0 Å². The Kier molecular flexibility index (Phi) is 4.85. The predicted molar refractivity (Wildman–Crippen MR) is 69.1 cm³/mol. The zero-order valence-corrected chi connectivity index (χ0v) is 10.9. The van der Waals surface area contributed by atoms with Crippen LogP contribution < -0.4 is 4.90 Å². The van der Waals surface area contributed by atoms with E-state index in [0.29, 0.717) is 24.3 Å². The van der Waals surface area contributed by atoms with E-state index in [1.54, 1.807) is 17.9 Å². The lowest BCUT2D eigenvalue weighted by molar-refractivity contribution is 0.101. The topological polar surface area (TPSA) is 44.1 Å². The second-order valence-corrected chi connectivity index (χ2v) is 4.26. The van der Waals surface area contributed by atoms with Crippen LogP contribution in [0.4, 0.5) is 10.1 Å². The van der Waals surface area contributed by atoms with E-state index in [9.17, 15) is 9.18 Å². The molecule has 4 heteroatoms. The van der Waals surface area contributed by atoms with Gasteiger partial charge in [0.15, 0.2) is 5.78 Å². The molecular weight excluding hydrogens is 231 g/mol. The predicted octanol–water partition coefficient (Wildman–Crippen LogP) is 3.01. The number of para-hydroxylation sites is 1. The van der Waals surface area contributed by atoms with Gasteiger partial charge in [0.05, 0.1) is 17.7 Å². The highest BCUT2D eigenvalue weighted by atomic mass is 19.1. The van der Waals surface area contributed by atoms with E-state index in [1.165, 1.54) is 19.1 Å². The summed E-state index contributed by atoms with van der Waals surface area (Å²) in [5.74, 6) is -0.813. The number of halogens is 1. The molecule has 1 atom stereocenters. The largest absolute Gasteiger partial charge is 0.368 e. The number of hydrogen-bond acceptors (Lipinski definition) is 3. The van der Waals surface area contributed by atoms with E-state index >= 15 is 0 Å². The Labute approximate surface area is 107 Å². The SMILES string of the molecule is CCN(CC(C)C#N)c1c(F)cccc1C(C)=O. The smallest absolute Gasteiger partial charge is 0.161 e. The monoisotopic (exact) mass is 248 g/mol. The molecule has 0 N–H and O–H groups in total. The highest BCUT2D eigenvalue weighted by molar-refractivity contribution is 5.99. The molecule has 0 aliphatic rings. The molecule has 1 rings (SSSR count). The van der Waals surface area contributed by atoms with Crippen molar-refractivity contribution in [2.24, 2.45) is 5.92 Å². The lowest BCUT2D eigenvalue weighted by atomic mass is 10.1. The molecular formula is C14H17FN2O. The first-order valence-electron chi connectivity index (χ1n) is 5.95. The number of carbonyl (C=O) groups is 1. The van der Waals surface area contributed by atoms with E-state index < -0.39 is 5.82 Å². The Morgan fingerprint density at radius 3 is 2.72 bits per heavy atom. The minimum Gasteiger partial charge on any atom is -0.368 e. The number of nitriles is 1. The van der Waals surface area contributed by atoms with Gasteiger partial charge in [0, 0.05) is 18.7 Å². The number of hydrogen-bond donors (Lipinski definition) is 0. The Morgan fingerprint density at radius 2 is 2.22 bits per heavy atom. The number of anilines is 1. The Hall–Kier alpha value is -1.89. The van der Waals surface area contributed by atoms with Gasteiger partial charge in [-0.1, -0.05) is 6.07 Å². The summed E-state index contributed by atoms with van der Waals surface area (Å²) >= 11 is 0. The third kappa shape index (κ3) is 3.07. The van der Waals surface area contributed by atoms with Gasteiger partial charge in [-0.2, -0.15) is 5.26 Å². The van der Waals surface area contributed by atoms with E-state index in [0.717, 1.165) is 0 Å². The Morgan fingerprint density at radius 1 is 1.56 bits per heavy atom. The van der Waals surface area contributed by atoms with Crippen molar-refractivity contribution in [3.05, 3.63) is 29.6 Å². The van der Waals surface area contributed by atoms with Gasteiger partial charge in [-0.05, 0) is 32.9 Å². The van der Waals surface area contributed by atoms with Crippen LogP contribution in [-0.4, -0.2) is 18.9 Å². The molecule has 1 aromatic carbocycles. The average Bonchev–Trinajstić information content (AvgIpc) is 2.35. The normalized spacial score (nSPS) is 11.7. The molecule has 3 nitrogen and oxygen atoms in total. The second kappa shape index (κ2) is 6.15. The summed E-state index contributed by atoms with van der Waals surface area (Å²) in [6.45, 7) is 6.03. The highest BCUT2D eigenvalue weighted by Crippen LogP contribution is 2.25. The molecule has 96 valence electrons. The average molecular weight is 248 g/mol. The van der Waals surface area contributed by atoms with Gasteiger partial charge in [-0.15, -0.1) is 0 Å². The number of nitrogens with zero attached hydrogens (tertiary/aromatic N) is 2. The van der Waals surface area contributed by atoms with Gasteiger partial charge < -0.3 is 4.90 Å². The lowest BCUT2D eigenvalue weighted by Crippen LogP contribution is -2.30. The zero-order chi connectivity index (χ0) is 13.7. The number of carbonyl (C=O) groups excluding carboxylic acids is 1. The van der Waals surface area contributed by atoms with Crippen molar-refractivity contribution in [3.8, 4) is 6.07 Å². The van der Waals surface area contributed by atoms with Crippen LogP contribution in [0.15, 0.2) is 18.2 Å². The number of rotatable bonds is 5. The van der Waals surface area contributed by atoms with Gasteiger partial charge in [0.2, 0.25) is 0 Å². The lowest BCUT2D eigenvalue weighted by Gasteiger charge is -2.26. The Balaban J connectivity index is 3.20. The van der Waals surface area contributed by atoms with Gasteiger partial charge >= 0.3 is 0 Å². The van der Waals surface area contributed by atoms with Crippen LogP contribution in [0, 0.1) is 23.1 Å². The summed E-state index contributed by atoms with van der Waals surface area (Å²) in [6.07, 6.45) is 0. The van der Waals surface area contributed by atoms with Crippen molar-refractivity contribution in [3.63, 3.8) is 0 Å². The Bertz CT molecular complexity index is 479. The number of ketones is 1. The summed E-state index contributed by atoms with van der Waals surface area (Å²) in [6, 6.07) is 6.59. The van der Waals surface area contributed by atoms with E-state index in [-0.39, 0.29) is 11.7 Å². The van der Waals surface area contributed by atoms with Crippen molar-refractivity contribution in [2.45, 2.75) is 20.8 Å². The molecule has 0 saturated carbocycles. The maximum Gasteiger partial charge on any atom is 0.161 e. The van der Waals surface area contributed by atoms with E-state index in [1.807, 2.05) is 6.92 Å². The molecule has 18 heavy (non-hydrogen) atoms. The molecule has 0 saturated heterocycles. The fourth-order valence-corrected chi connectivity index (χ4v) is 1.87. The fourth-order valence-electron chi connectivity index (χ4n) is 1.87. The molecule has 0 fully saturated rings. The summed E-state index contributed by atoms with van der Waals surface area (Å²) in [5.41, 5.74) is 0.664. The van der Waals surface area contributed by atoms with Gasteiger partial charge in [-0.25, -0.2) is 4.39 Å². The third-order valence-electron chi connectivity index (χ3n) is 2.78. The van der Waals surface area contributed by atoms with Crippen LogP contribution in [0.25, 0.3) is 0 Å². The van der Waals surface area contributed by atoms with Crippen molar-refractivity contribution in [2.75, 3.05) is 18.0 Å². The minimum absolute atomic E-state index is 0.174. The molecule has 1 aromatic rings. The molecule has 0 bridgehead atoms. The van der Waals surface area contributed by atoms with Crippen LogP contribution in [0.5, 0.6) is 0 Å². The molecule has 0 aliphatic carbocycles. The van der Waals surface area contributed by atoms with E-state index in [2.05, 4.69) is 6.07 Å². The quantitative estimate of drug-likeness (QED) is 0.752. The van der Waals surface area contributed by atoms with Gasteiger partial charge in [0.1, 0.15) is 5.82 Å². The molecule has 0 heterocycles. The van der Waals surface area contributed by atoms with E-state index in [4.69, 9.17) is 5.26 Å². The van der Waals surface area contributed by atoms with Crippen molar-refractivity contribution in [1.29, 1.82) is 5.26 Å². The summed E-state index contributed by atoms with van der Waals surface area (Å²) in [4.78, 5) is 13.3. The molecule has 0 aliphatic heterocycles. The summed E-state index contributed by atoms with van der Waals surface area (Å²) < 4.78 is 13.9. The maximum atomic E-state index is 13.9. The summed E-state index contributed by atoms with van der Waals surface area (Å²) in [5, 5.41) is 8.84. The van der Waals surface area contributed by atoms with Crippen molar-refractivity contribution >= 4 is 11.5 Å². The summed E-state index contributed by atoms with van der Waals surface area (Å²) in [7, 11) is 0. The van der Waals surface area contributed by atoms with Crippen LogP contribution in [-0.2, 0) is 0 Å². The number of benzene rings is 1. The van der Waals surface area contributed by atoms with Crippen molar-refractivity contribution < 1.29 is 9.18 Å². The standard InChI is InChI=1S/C14H17FN2O/c1-4-17(9-10(2)8-16)14-12(11(3)18)6-5-7-13(14)15/h5-7,10H,4,9H2,1-3H3. The van der Waals surface area contributed by atoms with Crippen LogP contribution in [0.3, 0.4) is 0 Å². The number of Topliss-reactive ketones (excluding diaryl/α,β-unsaturated/α-hetero) is 1. The highest BCUT2D eigenvalue weighted by Gasteiger charge is 2.19.